The van der Waals surface area contributed by atoms with Crippen LogP contribution < -0.4 is 10.5 Å². The monoisotopic (exact) mass is 313 g/mol. The number of ether oxygens (including phenoxy) is 2. The lowest BCUT2D eigenvalue weighted by Gasteiger charge is -2.11. The van der Waals surface area contributed by atoms with Gasteiger partial charge in [-0.3, -0.25) is 0 Å². The number of aromatic nitrogens is 1. The van der Waals surface area contributed by atoms with Crippen molar-refractivity contribution in [1.29, 1.82) is 5.26 Å². The molecule has 0 aliphatic carbocycles. The molecule has 0 saturated carbocycles. The summed E-state index contributed by atoms with van der Waals surface area (Å²) in [6.07, 6.45) is 3.53. The molecule has 2 rings (SSSR count). The topological polar surface area (TPSA) is 90.3 Å². The molecule has 0 saturated heterocycles. The van der Waals surface area contributed by atoms with E-state index < -0.39 is 5.97 Å². The maximum absolute atomic E-state index is 12.0. The number of rotatable bonds is 6. The quantitative estimate of drug-likeness (QED) is 0.654. The number of benzene rings is 1. The summed E-state index contributed by atoms with van der Waals surface area (Å²) in [5, 5.41) is 9.14. The highest BCUT2D eigenvalue weighted by molar-refractivity contribution is 5.95. The molecule has 0 amide bonds. The second-order valence-corrected chi connectivity index (χ2v) is 4.98. The van der Waals surface area contributed by atoms with E-state index in [1.54, 1.807) is 16.7 Å². The smallest absolute Gasteiger partial charge is 0.357 e. The summed E-state index contributed by atoms with van der Waals surface area (Å²) >= 11 is 0. The highest BCUT2D eigenvalue weighted by atomic mass is 16.5. The van der Waals surface area contributed by atoms with Crippen LogP contribution in [0.25, 0.3) is 5.69 Å². The van der Waals surface area contributed by atoms with Crippen LogP contribution in [0.15, 0.2) is 30.5 Å². The molecule has 6 nitrogen and oxygen atoms in total. The van der Waals surface area contributed by atoms with Crippen molar-refractivity contribution in [1.82, 2.24) is 4.57 Å². The van der Waals surface area contributed by atoms with Gasteiger partial charge in [0.1, 0.15) is 11.8 Å². The molecule has 1 heterocycles. The van der Waals surface area contributed by atoms with E-state index >= 15 is 0 Å². The first-order chi connectivity index (χ1) is 11.1. The maximum Gasteiger partial charge on any atom is 0.357 e. The van der Waals surface area contributed by atoms with E-state index in [1.807, 2.05) is 18.2 Å². The van der Waals surface area contributed by atoms with Crippen molar-refractivity contribution in [2.45, 2.75) is 19.8 Å². The molecule has 0 radical (unpaired) electrons. The Bertz CT molecular complexity index is 744. The SMILES string of the molecule is CCCCOc1cccc(-n2cc(C#N)c(N)c2C(=O)OC)c1. The Kier molecular flexibility index (Phi) is 5.26. The zero-order chi connectivity index (χ0) is 16.8. The number of hydrogen-bond acceptors (Lipinski definition) is 5. The number of nitrogens with zero attached hydrogens (tertiary/aromatic N) is 2. The molecule has 0 spiro atoms. The first kappa shape index (κ1) is 16.4. The number of hydrogen-bond donors (Lipinski definition) is 1. The number of nitriles is 1. The molecule has 2 aromatic rings. The molecule has 0 aliphatic heterocycles. The molecule has 6 heteroatoms. The number of esters is 1. The van der Waals surface area contributed by atoms with E-state index in [0.29, 0.717) is 18.0 Å². The lowest BCUT2D eigenvalue weighted by atomic mass is 10.2. The zero-order valence-corrected chi connectivity index (χ0v) is 13.2. The van der Waals surface area contributed by atoms with Gasteiger partial charge in [-0.05, 0) is 18.6 Å². The molecule has 0 aliphatic rings. The second kappa shape index (κ2) is 7.36. The molecule has 0 bridgehead atoms. The van der Waals surface area contributed by atoms with Crippen molar-refractivity contribution in [3.8, 4) is 17.5 Å². The summed E-state index contributed by atoms with van der Waals surface area (Å²) in [4.78, 5) is 12.0. The number of methoxy groups -OCH3 is 1. The van der Waals surface area contributed by atoms with Crippen LogP contribution in [0.2, 0.25) is 0 Å². The minimum absolute atomic E-state index is 0.108. The van der Waals surface area contributed by atoms with Gasteiger partial charge >= 0.3 is 5.97 Å². The summed E-state index contributed by atoms with van der Waals surface area (Å²) in [5.41, 5.74) is 7.03. The Hall–Kier alpha value is -2.94. The largest absolute Gasteiger partial charge is 0.494 e. The molecule has 23 heavy (non-hydrogen) atoms. The third kappa shape index (κ3) is 3.46. The van der Waals surface area contributed by atoms with E-state index in [-0.39, 0.29) is 16.9 Å². The predicted molar refractivity (Wildman–Crippen MR) is 86.6 cm³/mol. The van der Waals surface area contributed by atoms with Gasteiger partial charge in [0, 0.05) is 18.0 Å². The number of nitrogen functional groups attached to an aromatic ring is 1. The van der Waals surface area contributed by atoms with Crippen molar-refractivity contribution in [3.63, 3.8) is 0 Å². The Morgan fingerprint density at radius 1 is 1.43 bits per heavy atom. The van der Waals surface area contributed by atoms with E-state index in [1.165, 1.54) is 13.3 Å². The van der Waals surface area contributed by atoms with Gasteiger partial charge in [0.25, 0.3) is 0 Å². The minimum atomic E-state index is -0.596. The van der Waals surface area contributed by atoms with E-state index in [0.717, 1.165) is 12.8 Å². The molecule has 2 N–H and O–H groups in total. The summed E-state index contributed by atoms with van der Waals surface area (Å²) < 4.78 is 12.0. The third-order valence-corrected chi connectivity index (χ3v) is 3.41. The first-order valence-electron chi connectivity index (χ1n) is 7.34. The van der Waals surface area contributed by atoms with Crippen molar-refractivity contribution in [2.24, 2.45) is 0 Å². The zero-order valence-electron chi connectivity index (χ0n) is 13.2. The van der Waals surface area contributed by atoms with Crippen molar-refractivity contribution >= 4 is 11.7 Å². The molecular weight excluding hydrogens is 294 g/mol. The van der Waals surface area contributed by atoms with Crippen LogP contribution in [0.5, 0.6) is 5.75 Å². The van der Waals surface area contributed by atoms with Gasteiger partial charge in [0.15, 0.2) is 5.69 Å². The van der Waals surface area contributed by atoms with Crippen LogP contribution in [0.3, 0.4) is 0 Å². The average Bonchev–Trinajstić information content (AvgIpc) is 2.91. The molecule has 1 aromatic heterocycles. The second-order valence-electron chi connectivity index (χ2n) is 4.98. The number of unbranched alkanes of at least 4 members (excludes halogenated alkanes) is 1. The Balaban J connectivity index is 2.44. The fraction of sp³-hybridized carbons (Fsp3) is 0.294. The molecule has 0 atom stereocenters. The molecule has 0 unspecified atom stereocenters. The Morgan fingerprint density at radius 2 is 2.22 bits per heavy atom. The normalized spacial score (nSPS) is 10.1. The fourth-order valence-electron chi connectivity index (χ4n) is 2.18. The maximum atomic E-state index is 12.0. The molecular formula is C17H19N3O3. The van der Waals surface area contributed by atoms with E-state index in [2.05, 4.69) is 6.92 Å². The lowest BCUT2D eigenvalue weighted by Crippen LogP contribution is -2.11. The van der Waals surface area contributed by atoms with E-state index in [4.69, 9.17) is 20.5 Å². The first-order valence-corrected chi connectivity index (χ1v) is 7.34. The van der Waals surface area contributed by atoms with E-state index in [9.17, 15) is 4.79 Å². The summed E-state index contributed by atoms with van der Waals surface area (Å²) in [6, 6.07) is 9.24. The van der Waals surface area contributed by atoms with Crippen LogP contribution >= 0.6 is 0 Å². The average molecular weight is 313 g/mol. The van der Waals surface area contributed by atoms with Crippen molar-refractivity contribution in [2.75, 3.05) is 19.5 Å². The molecule has 120 valence electrons. The number of anilines is 1. The van der Waals surface area contributed by atoms with Crippen LogP contribution in [-0.4, -0.2) is 24.3 Å². The number of nitrogens with two attached hydrogens (primary N) is 1. The summed E-state index contributed by atoms with van der Waals surface area (Å²) in [6.45, 7) is 2.72. The van der Waals surface area contributed by atoms with Crippen LogP contribution in [0.4, 0.5) is 5.69 Å². The minimum Gasteiger partial charge on any atom is -0.494 e. The van der Waals surface area contributed by atoms with Gasteiger partial charge in [-0.1, -0.05) is 19.4 Å². The van der Waals surface area contributed by atoms with Crippen LogP contribution in [0.1, 0.15) is 35.8 Å². The molecule has 0 fully saturated rings. The van der Waals surface area contributed by atoms with Gasteiger partial charge in [-0.2, -0.15) is 5.26 Å². The number of carbonyl (C=O) groups is 1. The Morgan fingerprint density at radius 3 is 2.87 bits per heavy atom. The standard InChI is InChI=1S/C17H19N3O3/c1-3-4-8-23-14-7-5-6-13(9-14)20-11-12(10-18)15(19)16(20)17(21)22-2/h5-7,9,11H,3-4,8,19H2,1-2H3. The van der Waals surface area contributed by atoms with Crippen molar-refractivity contribution in [3.05, 3.63) is 41.7 Å². The van der Waals surface area contributed by atoms with Crippen LogP contribution in [0, 0.1) is 11.3 Å². The summed E-state index contributed by atoms with van der Waals surface area (Å²) in [7, 11) is 1.27. The number of carbonyl (C=O) groups excluding carboxylic acids is 1. The Labute approximate surface area is 135 Å². The van der Waals surface area contributed by atoms with Crippen molar-refractivity contribution < 1.29 is 14.3 Å². The molecule has 1 aromatic carbocycles. The van der Waals surface area contributed by atoms with Gasteiger partial charge in [-0.15, -0.1) is 0 Å². The van der Waals surface area contributed by atoms with Gasteiger partial charge in [0.05, 0.1) is 25.0 Å². The van der Waals surface area contributed by atoms with Gasteiger partial charge in [0.2, 0.25) is 0 Å². The predicted octanol–water partition coefficient (Wildman–Crippen LogP) is 2.90. The lowest BCUT2D eigenvalue weighted by molar-refractivity contribution is 0.0593. The van der Waals surface area contributed by atoms with Gasteiger partial charge in [-0.25, -0.2) is 4.79 Å². The van der Waals surface area contributed by atoms with Gasteiger partial charge < -0.3 is 19.8 Å². The fourth-order valence-corrected chi connectivity index (χ4v) is 2.18. The highest BCUT2D eigenvalue weighted by Gasteiger charge is 2.21. The van der Waals surface area contributed by atoms with Crippen LogP contribution in [-0.2, 0) is 4.74 Å². The highest BCUT2D eigenvalue weighted by Crippen LogP contribution is 2.26. The summed E-state index contributed by atoms with van der Waals surface area (Å²) in [5.74, 6) is 0.0962. The third-order valence-electron chi connectivity index (χ3n) is 3.41.